The molecule has 0 aromatic heterocycles. The zero-order valence-electron chi connectivity index (χ0n) is 12.0. The van der Waals surface area contributed by atoms with Crippen LogP contribution in [0.25, 0.3) is 10.8 Å². The Morgan fingerprint density at radius 1 is 1.00 bits per heavy atom. The molecule has 2 aromatic rings. The Labute approximate surface area is 121 Å². The summed E-state index contributed by atoms with van der Waals surface area (Å²) >= 11 is 0. The first kappa shape index (κ1) is 14.3. The van der Waals surface area contributed by atoms with Crippen LogP contribution in [-0.4, -0.2) is 5.78 Å². The van der Waals surface area contributed by atoms with E-state index in [1.54, 1.807) is 0 Å². The molecule has 102 valence electrons. The number of fused-ring (bicyclic) bond motifs is 1. The van der Waals surface area contributed by atoms with Crippen molar-refractivity contribution in [3.05, 3.63) is 48.0 Å². The van der Waals surface area contributed by atoms with Crippen molar-refractivity contribution in [3.63, 3.8) is 0 Å². The summed E-state index contributed by atoms with van der Waals surface area (Å²) in [6, 6.07) is 13.9. The van der Waals surface area contributed by atoms with Gasteiger partial charge in [0.1, 0.15) is 0 Å². The third-order valence-electron chi connectivity index (χ3n) is 3.35. The van der Waals surface area contributed by atoms with Crippen molar-refractivity contribution in [1.82, 2.24) is 0 Å². The lowest BCUT2D eigenvalue weighted by atomic mass is 10.0. The molecule has 0 aliphatic rings. The molecule has 0 bridgehead atoms. The maximum Gasteiger partial charge on any atom is 0.174 e. The van der Waals surface area contributed by atoms with E-state index in [0.717, 1.165) is 29.2 Å². The number of carbonyl (C=O) groups excluding carboxylic acids is 1. The molecule has 0 radical (unpaired) electrons. The average Bonchev–Trinajstić information content (AvgIpc) is 2.50. The molecule has 0 aliphatic carbocycles. The van der Waals surface area contributed by atoms with Crippen molar-refractivity contribution in [2.75, 3.05) is 0 Å². The second kappa shape index (κ2) is 7.50. The first-order valence-electron chi connectivity index (χ1n) is 7.29. The van der Waals surface area contributed by atoms with Crippen molar-refractivity contribution in [1.29, 1.82) is 0 Å². The summed E-state index contributed by atoms with van der Waals surface area (Å²) in [6.45, 7) is 2.18. The van der Waals surface area contributed by atoms with Crippen LogP contribution in [0, 0.1) is 11.8 Å². The summed E-state index contributed by atoms with van der Waals surface area (Å²) in [5, 5.41) is 2.27. The van der Waals surface area contributed by atoms with Gasteiger partial charge in [-0.05, 0) is 23.3 Å². The summed E-state index contributed by atoms with van der Waals surface area (Å²) in [5.74, 6) is 6.19. The predicted molar refractivity (Wildman–Crippen MR) is 84.8 cm³/mol. The SMILES string of the molecule is CCCCCC#CCC(=O)c1ccc2ccccc2c1. The lowest BCUT2D eigenvalue weighted by Gasteiger charge is -2.00. The highest BCUT2D eigenvalue weighted by Crippen LogP contribution is 2.16. The number of carbonyl (C=O) groups is 1. The van der Waals surface area contributed by atoms with Crippen LogP contribution < -0.4 is 0 Å². The van der Waals surface area contributed by atoms with Crippen LogP contribution in [0.1, 0.15) is 49.4 Å². The summed E-state index contributed by atoms with van der Waals surface area (Å²) in [7, 11) is 0. The highest BCUT2D eigenvalue weighted by molar-refractivity contribution is 6.01. The van der Waals surface area contributed by atoms with Gasteiger partial charge in [-0.15, -0.1) is 5.92 Å². The topological polar surface area (TPSA) is 17.1 Å². The minimum atomic E-state index is 0.110. The Hall–Kier alpha value is -2.07. The normalized spacial score (nSPS) is 10.1. The van der Waals surface area contributed by atoms with Gasteiger partial charge in [0.25, 0.3) is 0 Å². The lowest BCUT2D eigenvalue weighted by Crippen LogP contribution is -1.96. The van der Waals surface area contributed by atoms with E-state index >= 15 is 0 Å². The van der Waals surface area contributed by atoms with Gasteiger partial charge in [0, 0.05) is 12.0 Å². The van der Waals surface area contributed by atoms with Gasteiger partial charge in [-0.3, -0.25) is 4.79 Å². The lowest BCUT2D eigenvalue weighted by molar-refractivity contribution is 0.0998. The molecule has 0 saturated heterocycles. The van der Waals surface area contributed by atoms with Gasteiger partial charge >= 0.3 is 0 Å². The number of benzene rings is 2. The zero-order chi connectivity index (χ0) is 14.2. The molecule has 2 rings (SSSR count). The van der Waals surface area contributed by atoms with Crippen LogP contribution in [0.4, 0.5) is 0 Å². The Bertz CT molecular complexity index is 643. The molecule has 0 unspecified atom stereocenters. The van der Waals surface area contributed by atoms with E-state index in [0.29, 0.717) is 6.42 Å². The molecule has 1 heteroatoms. The monoisotopic (exact) mass is 264 g/mol. The van der Waals surface area contributed by atoms with E-state index in [1.807, 2.05) is 36.4 Å². The number of hydrogen-bond donors (Lipinski definition) is 0. The van der Waals surface area contributed by atoms with Gasteiger partial charge in [-0.2, -0.15) is 0 Å². The van der Waals surface area contributed by atoms with Gasteiger partial charge in [-0.25, -0.2) is 0 Å². The maximum atomic E-state index is 12.1. The standard InChI is InChI=1S/C19H20O/c1-2-3-4-5-6-7-12-19(20)18-14-13-16-10-8-9-11-17(16)15-18/h8-11,13-15H,2-5,12H2,1H3. The van der Waals surface area contributed by atoms with E-state index in [4.69, 9.17) is 0 Å². The van der Waals surface area contributed by atoms with Crippen molar-refractivity contribution in [3.8, 4) is 11.8 Å². The van der Waals surface area contributed by atoms with Crippen LogP contribution in [0.5, 0.6) is 0 Å². The molecule has 0 saturated carbocycles. The molecule has 0 amide bonds. The van der Waals surface area contributed by atoms with Crippen LogP contribution in [-0.2, 0) is 0 Å². The molecule has 1 nitrogen and oxygen atoms in total. The summed E-state index contributed by atoms with van der Waals surface area (Å²) < 4.78 is 0. The molecule has 0 heterocycles. The van der Waals surface area contributed by atoms with E-state index < -0.39 is 0 Å². The fourth-order valence-corrected chi connectivity index (χ4v) is 2.16. The molecule has 0 spiro atoms. The first-order valence-corrected chi connectivity index (χ1v) is 7.29. The smallest absolute Gasteiger partial charge is 0.174 e. The number of rotatable bonds is 5. The molecule has 0 fully saturated rings. The van der Waals surface area contributed by atoms with Crippen LogP contribution >= 0.6 is 0 Å². The van der Waals surface area contributed by atoms with Crippen LogP contribution in [0.15, 0.2) is 42.5 Å². The van der Waals surface area contributed by atoms with E-state index in [1.165, 1.54) is 12.8 Å². The number of unbranched alkanes of at least 4 members (excludes halogenated alkanes) is 3. The van der Waals surface area contributed by atoms with E-state index in [9.17, 15) is 4.79 Å². The van der Waals surface area contributed by atoms with Gasteiger partial charge < -0.3 is 0 Å². The summed E-state index contributed by atoms with van der Waals surface area (Å²) in [6.07, 6.45) is 4.78. The van der Waals surface area contributed by atoms with Gasteiger partial charge in [0.05, 0.1) is 6.42 Å². The Morgan fingerprint density at radius 3 is 2.60 bits per heavy atom. The Kier molecular flexibility index (Phi) is 5.38. The quantitative estimate of drug-likeness (QED) is 0.422. The molecular formula is C19H20O. The minimum absolute atomic E-state index is 0.110. The second-order valence-corrected chi connectivity index (χ2v) is 4.97. The molecule has 0 N–H and O–H groups in total. The highest BCUT2D eigenvalue weighted by atomic mass is 16.1. The third kappa shape index (κ3) is 3.96. The Balaban J connectivity index is 1.97. The van der Waals surface area contributed by atoms with Crippen LogP contribution in [0.2, 0.25) is 0 Å². The van der Waals surface area contributed by atoms with E-state index in [-0.39, 0.29) is 5.78 Å². The fourth-order valence-electron chi connectivity index (χ4n) is 2.16. The predicted octanol–water partition coefficient (Wildman–Crippen LogP) is 5.00. The van der Waals surface area contributed by atoms with Gasteiger partial charge in [-0.1, -0.05) is 62.1 Å². The van der Waals surface area contributed by atoms with Crippen molar-refractivity contribution in [2.24, 2.45) is 0 Å². The average molecular weight is 264 g/mol. The molecular weight excluding hydrogens is 244 g/mol. The van der Waals surface area contributed by atoms with Crippen molar-refractivity contribution < 1.29 is 4.79 Å². The van der Waals surface area contributed by atoms with Crippen molar-refractivity contribution >= 4 is 16.6 Å². The van der Waals surface area contributed by atoms with E-state index in [2.05, 4.69) is 24.8 Å². The molecule has 20 heavy (non-hydrogen) atoms. The number of Topliss-reactive ketones (excluding diaryl/α,β-unsaturated/α-hetero) is 1. The highest BCUT2D eigenvalue weighted by Gasteiger charge is 2.04. The number of ketones is 1. The molecule has 0 atom stereocenters. The third-order valence-corrected chi connectivity index (χ3v) is 3.35. The first-order chi connectivity index (χ1) is 9.81. The number of hydrogen-bond acceptors (Lipinski definition) is 1. The summed E-state index contributed by atoms with van der Waals surface area (Å²) in [5.41, 5.74) is 0.756. The Morgan fingerprint density at radius 2 is 1.80 bits per heavy atom. The van der Waals surface area contributed by atoms with Gasteiger partial charge in [0.15, 0.2) is 5.78 Å². The zero-order valence-corrected chi connectivity index (χ0v) is 12.0. The largest absolute Gasteiger partial charge is 0.293 e. The second-order valence-electron chi connectivity index (χ2n) is 4.97. The maximum absolute atomic E-state index is 12.1. The van der Waals surface area contributed by atoms with Gasteiger partial charge in [0.2, 0.25) is 0 Å². The van der Waals surface area contributed by atoms with Crippen molar-refractivity contribution in [2.45, 2.75) is 39.0 Å². The fraction of sp³-hybridized carbons (Fsp3) is 0.316. The molecule has 2 aromatic carbocycles. The summed E-state index contributed by atoms with van der Waals surface area (Å²) in [4.78, 5) is 12.1. The molecule has 0 aliphatic heterocycles. The minimum Gasteiger partial charge on any atom is -0.293 e. The van der Waals surface area contributed by atoms with Crippen LogP contribution in [0.3, 0.4) is 0 Å².